The molecule has 2 nitrogen and oxygen atoms in total. The van der Waals surface area contributed by atoms with Gasteiger partial charge in [-0.15, -0.1) is 45.3 Å². The molecule has 0 atom stereocenters. The Hall–Kier alpha value is -3.38. The van der Waals surface area contributed by atoms with Crippen molar-refractivity contribution in [2.75, 3.05) is 0 Å². The number of hydrogen-bond acceptors (Lipinski definition) is 8. The van der Waals surface area contributed by atoms with E-state index in [1.165, 1.54) is 42.8 Å². The van der Waals surface area contributed by atoms with Crippen LogP contribution in [0.4, 0.5) is 8.78 Å². The van der Waals surface area contributed by atoms with Crippen molar-refractivity contribution in [3.05, 3.63) is 83.1 Å². The van der Waals surface area contributed by atoms with Crippen molar-refractivity contribution >= 4 is 140 Å². The van der Waals surface area contributed by atoms with Crippen LogP contribution in [0.15, 0.2) is 72.8 Å². The molecule has 0 spiro atoms. The predicted molar refractivity (Wildman–Crippen MR) is 183 cm³/mol. The molecule has 0 fully saturated rings. The maximum atomic E-state index is 13.8. The number of thiazole rings is 2. The quantitative estimate of drug-likeness (QED) is 0.185. The summed E-state index contributed by atoms with van der Waals surface area (Å²) in [5, 5.41) is 10.4. The largest absolute Gasteiger partial charge is 0.222 e. The van der Waals surface area contributed by atoms with E-state index in [1.807, 2.05) is 0 Å². The number of hydrogen-bond donors (Lipinski definition) is 0. The first kappa shape index (κ1) is 24.1. The number of fused-ring (bicyclic) bond motifs is 7. The smallest absolute Gasteiger partial charge is 0.177 e. The fraction of sp³-hybridized carbons (Fsp3) is 0. The third-order valence-corrected chi connectivity index (χ3v) is 13.9. The van der Waals surface area contributed by atoms with Crippen molar-refractivity contribution in [2.24, 2.45) is 0 Å². The molecule has 0 unspecified atom stereocenters. The van der Waals surface area contributed by atoms with Gasteiger partial charge in [0.05, 0.1) is 9.75 Å². The van der Waals surface area contributed by atoms with Crippen molar-refractivity contribution in [3.8, 4) is 19.8 Å². The molecule has 0 amide bonds. The molecule has 0 N–H and O–H groups in total. The standard InChI is InChI=1S/C32H12F2N2S6/c33-27-11-19-3-15-5-21-17(1-13(15)7-23(19)39-27)9-25(37-21)29-35-31-32(41-29)36-30(42-31)26-10-18-2-14-8-24-20(12-28(34)40-24)4-16(14)6-22(18)38-26/h1-12H. The minimum atomic E-state index is -0.149. The van der Waals surface area contributed by atoms with Crippen LogP contribution in [0.3, 0.4) is 0 Å². The highest BCUT2D eigenvalue weighted by Gasteiger charge is 2.17. The average molecular weight is 655 g/mol. The number of thiophene rings is 4. The highest BCUT2D eigenvalue weighted by atomic mass is 32.1. The second-order valence-corrected chi connectivity index (χ2v) is 16.4. The summed E-state index contributed by atoms with van der Waals surface area (Å²) in [6.07, 6.45) is 0. The van der Waals surface area contributed by atoms with Crippen LogP contribution in [0.25, 0.3) is 91.3 Å². The summed E-state index contributed by atoms with van der Waals surface area (Å²) in [6.45, 7) is 0. The van der Waals surface area contributed by atoms with Gasteiger partial charge in [0.15, 0.2) is 19.9 Å². The molecular weight excluding hydrogens is 643 g/mol. The monoisotopic (exact) mass is 654 g/mol. The molecule has 6 heterocycles. The topological polar surface area (TPSA) is 25.8 Å². The van der Waals surface area contributed by atoms with Crippen LogP contribution in [0.5, 0.6) is 0 Å². The zero-order valence-electron chi connectivity index (χ0n) is 21.0. The minimum absolute atomic E-state index is 0.149. The van der Waals surface area contributed by atoms with Crippen LogP contribution < -0.4 is 0 Å². The average Bonchev–Trinajstić information content (AvgIpc) is 3.77. The Morgan fingerprint density at radius 3 is 1.12 bits per heavy atom. The Labute approximate surface area is 259 Å². The number of rotatable bonds is 2. The van der Waals surface area contributed by atoms with Crippen molar-refractivity contribution < 1.29 is 8.78 Å². The van der Waals surface area contributed by atoms with Crippen LogP contribution >= 0.6 is 68.0 Å². The fourth-order valence-corrected chi connectivity index (χ4v) is 11.6. The second kappa shape index (κ2) is 8.59. The first-order valence-corrected chi connectivity index (χ1v) is 17.8. The summed E-state index contributed by atoms with van der Waals surface area (Å²) in [5.74, 6) is 0. The van der Waals surface area contributed by atoms with E-state index in [1.54, 1.807) is 57.5 Å². The molecule has 0 bridgehead atoms. The van der Waals surface area contributed by atoms with Crippen LogP contribution in [-0.4, -0.2) is 9.97 Å². The van der Waals surface area contributed by atoms with Crippen LogP contribution in [-0.2, 0) is 0 Å². The van der Waals surface area contributed by atoms with E-state index in [0.29, 0.717) is 0 Å². The lowest BCUT2D eigenvalue weighted by Crippen LogP contribution is -1.72. The Morgan fingerprint density at radius 1 is 0.357 bits per heavy atom. The van der Waals surface area contributed by atoms with Gasteiger partial charge < -0.3 is 0 Å². The molecule has 0 saturated heterocycles. The van der Waals surface area contributed by atoms with Crippen LogP contribution in [0, 0.1) is 10.3 Å². The Kier molecular flexibility index (Phi) is 4.93. The SMILES string of the molecule is Fc1cc2cc3cc4sc(-c5nc6sc(-c7cc8cc9cc%10sc(F)cc%10cc9cc8s7)nc6s5)cc4cc3cc2s1. The summed E-state index contributed by atoms with van der Waals surface area (Å²) in [6, 6.07) is 24.7. The fourth-order valence-electron chi connectivity index (χ4n) is 5.65. The zero-order chi connectivity index (χ0) is 27.7. The molecule has 200 valence electrons. The maximum Gasteiger partial charge on any atom is 0.177 e. The Bertz CT molecular complexity index is 2380. The van der Waals surface area contributed by atoms with Crippen molar-refractivity contribution in [1.82, 2.24) is 9.97 Å². The Morgan fingerprint density at radius 2 is 0.714 bits per heavy atom. The third-order valence-electron chi connectivity index (χ3n) is 7.56. The molecule has 42 heavy (non-hydrogen) atoms. The molecule has 0 radical (unpaired) electrons. The zero-order valence-corrected chi connectivity index (χ0v) is 25.9. The molecule has 4 aromatic carbocycles. The Balaban J connectivity index is 1.02. The van der Waals surface area contributed by atoms with E-state index in [0.717, 1.165) is 71.1 Å². The lowest BCUT2D eigenvalue weighted by atomic mass is 10.1. The molecule has 0 saturated carbocycles. The molecule has 0 aliphatic rings. The summed E-state index contributed by atoms with van der Waals surface area (Å²) in [4.78, 5) is 14.2. The summed E-state index contributed by atoms with van der Waals surface area (Å²) in [5.41, 5.74) is 0. The second-order valence-electron chi connectivity index (χ2n) is 10.2. The van der Waals surface area contributed by atoms with E-state index in [-0.39, 0.29) is 10.3 Å². The third kappa shape index (κ3) is 3.66. The number of aromatic nitrogens is 2. The van der Waals surface area contributed by atoms with Crippen molar-refractivity contribution in [3.63, 3.8) is 0 Å². The van der Waals surface area contributed by atoms with Gasteiger partial charge in [-0.05, 0) is 116 Å². The number of benzene rings is 4. The van der Waals surface area contributed by atoms with Gasteiger partial charge in [-0.1, -0.05) is 22.7 Å². The van der Waals surface area contributed by atoms with E-state index >= 15 is 0 Å². The van der Waals surface area contributed by atoms with Crippen molar-refractivity contribution in [1.29, 1.82) is 0 Å². The maximum absolute atomic E-state index is 13.8. The normalized spacial score (nSPS) is 12.5. The van der Waals surface area contributed by atoms with Gasteiger partial charge in [0.25, 0.3) is 0 Å². The molecular formula is C32H12F2N2S6. The molecule has 0 aliphatic carbocycles. The summed E-state index contributed by atoms with van der Waals surface area (Å²) >= 11 is 9.13. The van der Waals surface area contributed by atoms with Gasteiger partial charge in [0, 0.05) is 18.8 Å². The first-order valence-electron chi connectivity index (χ1n) is 12.9. The molecule has 10 heteroatoms. The summed E-state index contributed by atoms with van der Waals surface area (Å²) < 4.78 is 31.9. The van der Waals surface area contributed by atoms with Gasteiger partial charge in [-0.2, -0.15) is 8.78 Å². The van der Waals surface area contributed by atoms with Gasteiger partial charge in [0.1, 0.15) is 10.0 Å². The van der Waals surface area contributed by atoms with Gasteiger partial charge >= 0.3 is 0 Å². The summed E-state index contributed by atoms with van der Waals surface area (Å²) in [7, 11) is 0. The lowest BCUT2D eigenvalue weighted by Gasteiger charge is -1.99. The van der Waals surface area contributed by atoms with Gasteiger partial charge in [-0.25, -0.2) is 9.97 Å². The molecule has 10 aromatic rings. The van der Waals surface area contributed by atoms with Gasteiger partial charge in [-0.3, -0.25) is 0 Å². The van der Waals surface area contributed by atoms with E-state index < -0.39 is 0 Å². The lowest BCUT2D eigenvalue weighted by molar-refractivity contribution is 0.658. The van der Waals surface area contributed by atoms with Crippen LogP contribution in [0.1, 0.15) is 0 Å². The number of halogens is 2. The molecule has 6 aromatic heterocycles. The van der Waals surface area contributed by atoms with Crippen molar-refractivity contribution in [2.45, 2.75) is 0 Å². The molecule has 10 rings (SSSR count). The van der Waals surface area contributed by atoms with E-state index in [9.17, 15) is 8.78 Å². The highest BCUT2D eigenvalue weighted by Crippen LogP contribution is 2.44. The first-order chi connectivity index (χ1) is 20.5. The minimum Gasteiger partial charge on any atom is -0.222 e. The van der Waals surface area contributed by atoms with Gasteiger partial charge in [0.2, 0.25) is 0 Å². The van der Waals surface area contributed by atoms with E-state index in [4.69, 9.17) is 9.97 Å². The van der Waals surface area contributed by atoms with E-state index in [2.05, 4.69) is 60.7 Å². The predicted octanol–water partition coefficient (Wildman–Crippen LogP) is 12.5. The molecule has 0 aliphatic heterocycles. The van der Waals surface area contributed by atoms with Crippen LogP contribution in [0.2, 0.25) is 0 Å². The number of nitrogens with zero attached hydrogens (tertiary/aromatic N) is 2. The highest BCUT2D eigenvalue weighted by molar-refractivity contribution is 7.33.